The van der Waals surface area contributed by atoms with Gasteiger partial charge in [0.2, 0.25) is 0 Å². The van der Waals surface area contributed by atoms with Crippen molar-refractivity contribution in [1.29, 1.82) is 0 Å². The molecule has 1 N–H and O–H groups in total. The van der Waals surface area contributed by atoms with E-state index in [4.69, 9.17) is 0 Å². The molecule has 1 heterocycles. The quantitative estimate of drug-likeness (QED) is 0.927. The van der Waals surface area contributed by atoms with E-state index in [2.05, 4.69) is 15.9 Å². The maximum absolute atomic E-state index is 11.9. The SMILES string of the molecule is Cn1ccc(-c2cccc(Br)c2)c(C(=O)O)c1=O. The van der Waals surface area contributed by atoms with E-state index in [1.807, 2.05) is 6.07 Å². The number of rotatable bonds is 2. The molecule has 0 atom stereocenters. The second-order valence-electron chi connectivity index (χ2n) is 3.84. The molecular weight excluding hydrogens is 298 g/mol. The number of nitrogens with zero attached hydrogens (tertiary/aromatic N) is 1. The number of hydrogen-bond acceptors (Lipinski definition) is 2. The lowest BCUT2D eigenvalue weighted by molar-refractivity contribution is 0.0695. The maximum atomic E-state index is 11.9. The highest BCUT2D eigenvalue weighted by molar-refractivity contribution is 9.10. The van der Waals surface area contributed by atoms with Gasteiger partial charge in [0.25, 0.3) is 5.56 Å². The van der Waals surface area contributed by atoms with E-state index in [0.29, 0.717) is 11.1 Å². The number of carboxylic acid groups (broad SMARTS) is 1. The van der Waals surface area contributed by atoms with Crippen molar-refractivity contribution in [3.63, 3.8) is 0 Å². The van der Waals surface area contributed by atoms with Crippen LogP contribution < -0.4 is 5.56 Å². The Balaban J connectivity index is 2.76. The Kier molecular flexibility index (Phi) is 3.34. The zero-order valence-electron chi connectivity index (χ0n) is 9.55. The summed E-state index contributed by atoms with van der Waals surface area (Å²) in [5.74, 6) is -1.22. The average Bonchev–Trinajstić information content (AvgIpc) is 2.32. The van der Waals surface area contributed by atoms with Crippen LogP contribution in [0.25, 0.3) is 11.1 Å². The van der Waals surface area contributed by atoms with Crippen LogP contribution >= 0.6 is 15.9 Å². The molecule has 0 saturated carbocycles. The Morgan fingerprint density at radius 3 is 2.67 bits per heavy atom. The summed E-state index contributed by atoms with van der Waals surface area (Å²) < 4.78 is 2.09. The van der Waals surface area contributed by atoms with E-state index in [-0.39, 0.29) is 5.56 Å². The van der Waals surface area contributed by atoms with Gasteiger partial charge < -0.3 is 9.67 Å². The lowest BCUT2D eigenvalue weighted by atomic mass is 10.0. The minimum atomic E-state index is -1.22. The molecule has 5 heteroatoms. The first-order valence-corrected chi connectivity index (χ1v) is 5.99. The van der Waals surface area contributed by atoms with Crippen LogP contribution in [0.1, 0.15) is 10.4 Å². The first-order chi connectivity index (χ1) is 8.50. The van der Waals surface area contributed by atoms with Crippen molar-refractivity contribution in [2.24, 2.45) is 7.05 Å². The van der Waals surface area contributed by atoms with Gasteiger partial charge in [-0.15, -0.1) is 0 Å². The third kappa shape index (κ3) is 2.22. The van der Waals surface area contributed by atoms with Crippen LogP contribution in [0.2, 0.25) is 0 Å². The molecule has 0 amide bonds. The highest BCUT2D eigenvalue weighted by atomic mass is 79.9. The molecule has 1 aromatic heterocycles. The molecule has 0 aliphatic carbocycles. The van der Waals surface area contributed by atoms with Crippen molar-refractivity contribution >= 4 is 21.9 Å². The summed E-state index contributed by atoms with van der Waals surface area (Å²) in [5.41, 5.74) is 0.393. The summed E-state index contributed by atoms with van der Waals surface area (Å²) >= 11 is 3.32. The fraction of sp³-hybridized carbons (Fsp3) is 0.0769. The number of aromatic carboxylic acids is 1. The Labute approximate surface area is 112 Å². The van der Waals surface area contributed by atoms with Crippen LogP contribution in [0.15, 0.2) is 45.8 Å². The van der Waals surface area contributed by atoms with Gasteiger partial charge in [-0.3, -0.25) is 4.79 Å². The number of carboxylic acids is 1. The molecule has 0 saturated heterocycles. The van der Waals surface area contributed by atoms with Gasteiger partial charge in [0.05, 0.1) is 0 Å². The Bertz CT molecular complexity index is 676. The van der Waals surface area contributed by atoms with E-state index < -0.39 is 11.5 Å². The average molecular weight is 308 g/mol. The Morgan fingerprint density at radius 2 is 2.06 bits per heavy atom. The fourth-order valence-electron chi connectivity index (χ4n) is 1.73. The summed E-state index contributed by atoms with van der Waals surface area (Å²) in [4.78, 5) is 23.1. The van der Waals surface area contributed by atoms with E-state index in [9.17, 15) is 14.7 Å². The molecule has 92 valence electrons. The second kappa shape index (κ2) is 4.78. The summed E-state index contributed by atoms with van der Waals surface area (Å²) in [6.45, 7) is 0. The van der Waals surface area contributed by atoms with Crippen LogP contribution in [-0.2, 0) is 7.05 Å². The highest BCUT2D eigenvalue weighted by Gasteiger charge is 2.17. The minimum absolute atomic E-state index is 0.210. The Hall–Kier alpha value is -1.88. The van der Waals surface area contributed by atoms with Crippen molar-refractivity contribution in [2.45, 2.75) is 0 Å². The predicted octanol–water partition coefficient (Wildman–Crippen LogP) is 2.51. The smallest absolute Gasteiger partial charge is 0.341 e. The van der Waals surface area contributed by atoms with Crippen molar-refractivity contribution in [3.8, 4) is 11.1 Å². The third-order valence-corrected chi connectivity index (χ3v) is 3.11. The first kappa shape index (κ1) is 12.6. The van der Waals surface area contributed by atoms with Crippen molar-refractivity contribution < 1.29 is 9.90 Å². The maximum Gasteiger partial charge on any atom is 0.341 e. The van der Waals surface area contributed by atoms with Crippen LogP contribution in [0.5, 0.6) is 0 Å². The van der Waals surface area contributed by atoms with Gasteiger partial charge in [-0.05, 0) is 23.8 Å². The largest absolute Gasteiger partial charge is 0.477 e. The topological polar surface area (TPSA) is 59.3 Å². The molecule has 18 heavy (non-hydrogen) atoms. The number of aromatic nitrogens is 1. The van der Waals surface area contributed by atoms with Gasteiger partial charge in [0.15, 0.2) is 0 Å². The molecule has 0 spiro atoms. The van der Waals surface area contributed by atoms with E-state index in [1.54, 1.807) is 30.5 Å². The highest BCUT2D eigenvalue weighted by Crippen LogP contribution is 2.24. The number of pyridine rings is 1. The van der Waals surface area contributed by atoms with Crippen molar-refractivity contribution in [1.82, 2.24) is 4.57 Å². The van der Waals surface area contributed by atoms with E-state index >= 15 is 0 Å². The normalized spacial score (nSPS) is 10.3. The number of halogens is 1. The molecular formula is C13H10BrNO3. The van der Waals surface area contributed by atoms with Gasteiger partial charge in [-0.1, -0.05) is 28.1 Å². The number of hydrogen-bond donors (Lipinski definition) is 1. The van der Waals surface area contributed by atoms with Crippen LogP contribution in [-0.4, -0.2) is 15.6 Å². The van der Waals surface area contributed by atoms with Gasteiger partial charge in [-0.25, -0.2) is 4.79 Å². The molecule has 2 rings (SSSR count). The van der Waals surface area contributed by atoms with Crippen LogP contribution in [0.4, 0.5) is 0 Å². The van der Waals surface area contributed by atoms with Crippen molar-refractivity contribution in [2.75, 3.05) is 0 Å². The first-order valence-electron chi connectivity index (χ1n) is 5.19. The monoisotopic (exact) mass is 307 g/mol. The summed E-state index contributed by atoms with van der Waals surface area (Å²) in [5, 5.41) is 9.18. The van der Waals surface area contributed by atoms with Crippen LogP contribution in [0.3, 0.4) is 0 Å². The van der Waals surface area contributed by atoms with Crippen LogP contribution in [0, 0.1) is 0 Å². The number of carbonyl (C=O) groups is 1. The Morgan fingerprint density at radius 1 is 1.33 bits per heavy atom. The van der Waals surface area contributed by atoms with E-state index in [0.717, 1.165) is 4.47 Å². The summed E-state index contributed by atoms with van der Waals surface area (Å²) in [6, 6.07) is 8.81. The predicted molar refractivity (Wildman–Crippen MR) is 71.8 cm³/mol. The molecule has 0 unspecified atom stereocenters. The number of benzene rings is 1. The number of aryl methyl sites for hydroxylation is 1. The third-order valence-electron chi connectivity index (χ3n) is 2.62. The zero-order chi connectivity index (χ0) is 13.3. The lowest BCUT2D eigenvalue weighted by Crippen LogP contribution is -2.24. The zero-order valence-corrected chi connectivity index (χ0v) is 11.1. The molecule has 2 aromatic rings. The van der Waals surface area contributed by atoms with Crippen molar-refractivity contribution in [3.05, 3.63) is 56.9 Å². The molecule has 0 aliphatic heterocycles. The fourth-order valence-corrected chi connectivity index (χ4v) is 2.13. The molecule has 0 fully saturated rings. The lowest BCUT2D eigenvalue weighted by Gasteiger charge is -2.08. The molecule has 4 nitrogen and oxygen atoms in total. The summed E-state index contributed by atoms with van der Waals surface area (Å²) in [7, 11) is 1.53. The van der Waals surface area contributed by atoms with E-state index in [1.165, 1.54) is 11.6 Å². The summed E-state index contributed by atoms with van der Waals surface area (Å²) in [6.07, 6.45) is 1.56. The molecule has 0 aliphatic rings. The standard InChI is InChI=1S/C13H10BrNO3/c1-15-6-5-10(11(12(15)16)13(17)18)8-3-2-4-9(14)7-8/h2-7H,1H3,(H,17,18). The minimum Gasteiger partial charge on any atom is -0.477 e. The van der Waals surface area contributed by atoms with Gasteiger partial charge >= 0.3 is 5.97 Å². The molecule has 0 radical (unpaired) electrons. The van der Waals surface area contributed by atoms with Gasteiger partial charge in [0, 0.05) is 23.3 Å². The second-order valence-corrected chi connectivity index (χ2v) is 4.75. The molecule has 0 bridgehead atoms. The van der Waals surface area contributed by atoms with Gasteiger partial charge in [-0.2, -0.15) is 0 Å². The van der Waals surface area contributed by atoms with Gasteiger partial charge in [0.1, 0.15) is 5.56 Å². The molecule has 1 aromatic carbocycles.